The van der Waals surface area contributed by atoms with Gasteiger partial charge in [-0.2, -0.15) is 0 Å². The molecule has 20 heavy (non-hydrogen) atoms. The zero-order chi connectivity index (χ0) is 14.3. The van der Waals surface area contributed by atoms with Crippen LogP contribution in [-0.4, -0.2) is 9.55 Å². The molecule has 3 aromatic rings. The van der Waals surface area contributed by atoms with E-state index in [-0.39, 0.29) is 5.38 Å². The fraction of sp³-hybridized carbons (Fsp3) is 0.133. The summed E-state index contributed by atoms with van der Waals surface area (Å²) in [5.41, 5.74) is 2.79. The number of benzene rings is 2. The molecular formula is C15H11BrCl2N2. The van der Waals surface area contributed by atoms with Crippen LogP contribution in [0.5, 0.6) is 0 Å². The molecule has 0 aliphatic rings. The molecule has 1 heterocycles. The molecule has 0 bridgehead atoms. The predicted octanol–water partition coefficient (Wildman–Crippen LogP) is 5.74. The Hall–Kier alpha value is -1.03. The van der Waals surface area contributed by atoms with Crippen LogP contribution in [0.3, 0.4) is 0 Å². The van der Waals surface area contributed by atoms with E-state index in [0.717, 1.165) is 27.0 Å². The van der Waals surface area contributed by atoms with Crippen LogP contribution in [0.4, 0.5) is 0 Å². The van der Waals surface area contributed by atoms with E-state index in [1.165, 1.54) is 0 Å². The number of hydrogen-bond acceptors (Lipinski definition) is 1. The zero-order valence-corrected chi connectivity index (χ0v) is 13.7. The molecule has 0 amide bonds. The van der Waals surface area contributed by atoms with Crippen molar-refractivity contribution in [3.05, 3.63) is 57.8 Å². The minimum absolute atomic E-state index is 0.206. The van der Waals surface area contributed by atoms with Gasteiger partial charge in [0.1, 0.15) is 5.82 Å². The van der Waals surface area contributed by atoms with Crippen molar-refractivity contribution in [1.29, 1.82) is 0 Å². The summed E-state index contributed by atoms with van der Waals surface area (Å²) in [5.74, 6) is 0.789. The summed E-state index contributed by atoms with van der Waals surface area (Å²) >= 11 is 16.1. The highest BCUT2D eigenvalue weighted by molar-refractivity contribution is 9.10. The van der Waals surface area contributed by atoms with Gasteiger partial charge in [0.15, 0.2) is 0 Å². The second-order valence-electron chi connectivity index (χ2n) is 4.51. The first-order chi connectivity index (χ1) is 9.58. The molecule has 1 unspecified atom stereocenters. The van der Waals surface area contributed by atoms with Crippen LogP contribution in [0.25, 0.3) is 16.7 Å². The van der Waals surface area contributed by atoms with Crippen LogP contribution in [0, 0.1) is 0 Å². The highest BCUT2D eigenvalue weighted by atomic mass is 79.9. The number of imidazole rings is 1. The maximum absolute atomic E-state index is 6.38. The Morgan fingerprint density at radius 3 is 2.65 bits per heavy atom. The molecule has 0 N–H and O–H groups in total. The summed E-state index contributed by atoms with van der Waals surface area (Å²) in [5, 5.41) is 0.447. The third-order valence-electron chi connectivity index (χ3n) is 3.09. The number of aromatic nitrogens is 2. The van der Waals surface area contributed by atoms with Gasteiger partial charge < -0.3 is 0 Å². The number of nitrogens with zero attached hydrogens (tertiary/aromatic N) is 2. The van der Waals surface area contributed by atoms with Crippen LogP contribution in [0.15, 0.2) is 46.9 Å². The summed E-state index contributed by atoms with van der Waals surface area (Å²) in [6, 6.07) is 13.7. The van der Waals surface area contributed by atoms with Gasteiger partial charge in [0.05, 0.1) is 27.1 Å². The number of halogens is 3. The highest BCUT2D eigenvalue weighted by Gasteiger charge is 2.17. The maximum Gasteiger partial charge on any atom is 0.132 e. The standard InChI is InChI=1S/C15H11BrCl2N2/c1-9(17)15-19-12-4-2-3-5-14(12)20(15)13-7-6-10(16)8-11(13)18/h2-9H,1H3. The smallest absolute Gasteiger partial charge is 0.132 e. The Morgan fingerprint density at radius 2 is 1.95 bits per heavy atom. The van der Waals surface area contributed by atoms with E-state index < -0.39 is 0 Å². The van der Waals surface area contributed by atoms with Crippen molar-refractivity contribution >= 4 is 50.2 Å². The lowest BCUT2D eigenvalue weighted by molar-refractivity contribution is 0.882. The first-order valence-electron chi connectivity index (χ1n) is 6.15. The van der Waals surface area contributed by atoms with E-state index in [1.807, 2.05) is 54.0 Å². The topological polar surface area (TPSA) is 17.8 Å². The van der Waals surface area contributed by atoms with E-state index >= 15 is 0 Å². The first kappa shape index (κ1) is 13.9. The molecule has 0 radical (unpaired) electrons. The Labute approximate surface area is 135 Å². The number of alkyl halides is 1. The normalized spacial score (nSPS) is 12.8. The minimum Gasteiger partial charge on any atom is -0.294 e. The molecule has 2 nitrogen and oxygen atoms in total. The monoisotopic (exact) mass is 368 g/mol. The largest absolute Gasteiger partial charge is 0.294 e. The van der Waals surface area contributed by atoms with Crippen molar-refractivity contribution in [2.75, 3.05) is 0 Å². The van der Waals surface area contributed by atoms with Crippen molar-refractivity contribution in [2.24, 2.45) is 0 Å². The molecule has 5 heteroatoms. The quantitative estimate of drug-likeness (QED) is 0.526. The van der Waals surface area contributed by atoms with Gasteiger partial charge in [-0.15, -0.1) is 11.6 Å². The number of rotatable bonds is 2. The summed E-state index contributed by atoms with van der Waals surface area (Å²) in [6.45, 7) is 1.91. The van der Waals surface area contributed by atoms with Crippen LogP contribution in [-0.2, 0) is 0 Å². The Bertz CT molecular complexity index is 781. The van der Waals surface area contributed by atoms with Gasteiger partial charge in [0, 0.05) is 4.47 Å². The van der Waals surface area contributed by atoms with Crippen LogP contribution in [0.1, 0.15) is 18.1 Å². The van der Waals surface area contributed by atoms with E-state index in [9.17, 15) is 0 Å². The molecule has 1 atom stereocenters. The third kappa shape index (κ3) is 2.34. The third-order valence-corrected chi connectivity index (χ3v) is 4.08. The van der Waals surface area contributed by atoms with Gasteiger partial charge in [-0.05, 0) is 37.3 Å². The molecule has 0 fully saturated rings. The summed E-state index contributed by atoms with van der Waals surface area (Å²) < 4.78 is 2.96. The summed E-state index contributed by atoms with van der Waals surface area (Å²) in [6.07, 6.45) is 0. The molecular weight excluding hydrogens is 359 g/mol. The fourth-order valence-electron chi connectivity index (χ4n) is 2.23. The average Bonchev–Trinajstić information content (AvgIpc) is 2.78. The molecule has 1 aromatic heterocycles. The van der Waals surface area contributed by atoms with Crippen LogP contribution >= 0.6 is 39.1 Å². The van der Waals surface area contributed by atoms with Crippen molar-refractivity contribution in [1.82, 2.24) is 9.55 Å². The number of hydrogen-bond donors (Lipinski definition) is 0. The minimum atomic E-state index is -0.206. The number of fused-ring (bicyclic) bond motifs is 1. The van der Waals surface area contributed by atoms with Gasteiger partial charge >= 0.3 is 0 Å². The van der Waals surface area contributed by atoms with Gasteiger partial charge in [-0.3, -0.25) is 4.57 Å². The maximum atomic E-state index is 6.38. The van der Waals surface area contributed by atoms with Crippen molar-refractivity contribution < 1.29 is 0 Å². The predicted molar refractivity (Wildman–Crippen MR) is 88.0 cm³/mol. The number of para-hydroxylation sites is 2. The van der Waals surface area contributed by atoms with E-state index in [4.69, 9.17) is 23.2 Å². The SMILES string of the molecule is CC(Cl)c1nc2ccccc2n1-c1ccc(Br)cc1Cl. The zero-order valence-electron chi connectivity index (χ0n) is 10.6. The Kier molecular flexibility index (Phi) is 3.76. The van der Waals surface area contributed by atoms with E-state index in [0.29, 0.717) is 5.02 Å². The molecule has 2 aromatic carbocycles. The van der Waals surface area contributed by atoms with Crippen molar-refractivity contribution in [3.8, 4) is 5.69 Å². The second-order valence-corrected chi connectivity index (χ2v) is 6.48. The molecule has 0 spiro atoms. The summed E-state index contributed by atoms with van der Waals surface area (Å²) in [4.78, 5) is 4.61. The lowest BCUT2D eigenvalue weighted by Gasteiger charge is -2.12. The Balaban J connectivity index is 2.36. The summed E-state index contributed by atoms with van der Waals surface area (Å²) in [7, 11) is 0. The average molecular weight is 370 g/mol. The molecule has 0 aliphatic carbocycles. The van der Waals surface area contributed by atoms with E-state index in [1.54, 1.807) is 0 Å². The van der Waals surface area contributed by atoms with Gasteiger partial charge in [0.2, 0.25) is 0 Å². The molecule has 3 rings (SSSR count). The van der Waals surface area contributed by atoms with Crippen LogP contribution in [0.2, 0.25) is 5.02 Å². The second kappa shape index (κ2) is 5.40. The molecule has 0 saturated carbocycles. The lowest BCUT2D eigenvalue weighted by Crippen LogP contribution is -2.02. The van der Waals surface area contributed by atoms with Gasteiger partial charge in [0.25, 0.3) is 0 Å². The van der Waals surface area contributed by atoms with Crippen LogP contribution < -0.4 is 0 Å². The van der Waals surface area contributed by atoms with E-state index in [2.05, 4.69) is 20.9 Å². The molecule has 0 saturated heterocycles. The molecule has 102 valence electrons. The Morgan fingerprint density at radius 1 is 1.20 bits per heavy atom. The lowest BCUT2D eigenvalue weighted by atomic mass is 10.2. The van der Waals surface area contributed by atoms with Gasteiger partial charge in [-0.1, -0.05) is 39.7 Å². The van der Waals surface area contributed by atoms with Crippen molar-refractivity contribution in [3.63, 3.8) is 0 Å². The molecule has 0 aliphatic heterocycles. The van der Waals surface area contributed by atoms with Crippen molar-refractivity contribution in [2.45, 2.75) is 12.3 Å². The fourth-order valence-corrected chi connectivity index (χ4v) is 3.13. The van der Waals surface area contributed by atoms with Gasteiger partial charge in [-0.25, -0.2) is 4.98 Å². The highest BCUT2D eigenvalue weighted by Crippen LogP contribution is 2.32. The first-order valence-corrected chi connectivity index (χ1v) is 7.75.